The molecule has 0 unspecified atom stereocenters. The van der Waals surface area contributed by atoms with Crippen molar-refractivity contribution in [2.45, 2.75) is 25.8 Å². The van der Waals surface area contributed by atoms with Crippen molar-refractivity contribution in [3.05, 3.63) is 61.4 Å². The molecule has 2 aliphatic heterocycles. The van der Waals surface area contributed by atoms with Gasteiger partial charge in [0.1, 0.15) is 23.9 Å². The molecule has 3 heterocycles. The monoisotopic (exact) mass is 399 g/mol. The van der Waals surface area contributed by atoms with Crippen LogP contribution in [0.25, 0.3) is 0 Å². The maximum Gasteiger partial charge on any atom is 0.337 e. The van der Waals surface area contributed by atoms with Crippen molar-refractivity contribution in [2.24, 2.45) is 0 Å². The second-order valence-corrected chi connectivity index (χ2v) is 6.81. The number of hydrogen-bond donors (Lipinski definition) is 2. The van der Waals surface area contributed by atoms with Gasteiger partial charge in [-0.1, -0.05) is 6.92 Å². The van der Waals surface area contributed by atoms with Gasteiger partial charge in [-0.2, -0.15) is 0 Å². The van der Waals surface area contributed by atoms with Gasteiger partial charge in [-0.25, -0.2) is 9.59 Å². The number of carbonyl (C=O) groups excluding carboxylic acids is 1. The van der Waals surface area contributed by atoms with Crippen molar-refractivity contribution >= 4 is 11.8 Å². The van der Waals surface area contributed by atoms with Gasteiger partial charge in [-0.05, 0) is 24.6 Å². The third-order valence-corrected chi connectivity index (χ3v) is 5.17. The Kier molecular flexibility index (Phi) is 4.65. The highest BCUT2D eigenvalue weighted by Crippen LogP contribution is 2.45. The second kappa shape index (κ2) is 7.16. The van der Waals surface area contributed by atoms with Gasteiger partial charge >= 0.3 is 11.7 Å². The molecule has 0 aliphatic carbocycles. The molecule has 1 atom stereocenters. The number of nitrogens with one attached hydrogen (secondary N) is 2. The number of anilines is 1. The van der Waals surface area contributed by atoms with E-state index in [2.05, 4.69) is 10.3 Å². The van der Waals surface area contributed by atoms with Crippen LogP contribution in [0.1, 0.15) is 30.4 Å². The SMILES string of the molecule is CCCn1c2c(c(=O)[nH]c1=O)[C@H](c1cc(OC)ccc1OC)C1=C(COC1=O)N2. The fraction of sp³-hybridized carbons (Fsp3) is 0.350. The Morgan fingerprint density at radius 1 is 1.21 bits per heavy atom. The fourth-order valence-corrected chi connectivity index (χ4v) is 3.90. The minimum atomic E-state index is -0.770. The summed E-state index contributed by atoms with van der Waals surface area (Å²) in [5.74, 6) is 0.123. The number of nitrogens with zero attached hydrogens (tertiary/aromatic N) is 1. The zero-order valence-electron chi connectivity index (χ0n) is 16.3. The molecule has 0 radical (unpaired) electrons. The molecule has 0 spiro atoms. The molecule has 0 bridgehead atoms. The van der Waals surface area contributed by atoms with Gasteiger partial charge in [0.25, 0.3) is 5.56 Å². The first-order valence-corrected chi connectivity index (χ1v) is 9.26. The third kappa shape index (κ3) is 2.89. The summed E-state index contributed by atoms with van der Waals surface area (Å²) in [5, 5.41) is 3.09. The maximum atomic E-state index is 12.9. The lowest BCUT2D eigenvalue weighted by molar-refractivity contribution is -0.136. The second-order valence-electron chi connectivity index (χ2n) is 6.81. The van der Waals surface area contributed by atoms with E-state index < -0.39 is 23.1 Å². The van der Waals surface area contributed by atoms with Crippen LogP contribution in [0.5, 0.6) is 11.5 Å². The molecule has 4 rings (SSSR count). The van der Waals surface area contributed by atoms with Crippen molar-refractivity contribution in [1.29, 1.82) is 0 Å². The Morgan fingerprint density at radius 2 is 2.00 bits per heavy atom. The van der Waals surface area contributed by atoms with Gasteiger partial charge in [0.15, 0.2) is 0 Å². The molecular weight excluding hydrogens is 378 g/mol. The number of aromatic nitrogens is 2. The van der Waals surface area contributed by atoms with Crippen molar-refractivity contribution in [3.63, 3.8) is 0 Å². The first kappa shape index (κ1) is 18.9. The molecule has 1 aromatic heterocycles. The van der Waals surface area contributed by atoms with E-state index in [9.17, 15) is 14.4 Å². The van der Waals surface area contributed by atoms with E-state index in [1.807, 2.05) is 6.92 Å². The smallest absolute Gasteiger partial charge is 0.337 e. The normalized spacial score (nSPS) is 17.3. The van der Waals surface area contributed by atoms with Crippen LogP contribution in [0.2, 0.25) is 0 Å². The van der Waals surface area contributed by atoms with E-state index in [4.69, 9.17) is 14.2 Å². The standard InChI is InChI=1S/C20H21N3O6/c1-4-7-23-17-16(18(24)22-20(23)26)14(15-12(21-17)9-29-19(15)25)11-8-10(27-2)5-6-13(11)28-3/h5-6,8,14,21H,4,7,9H2,1-3H3,(H,22,24,26)/t14-/m1/s1. The number of fused-ring (bicyclic) bond motifs is 1. The van der Waals surface area contributed by atoms with Gasteiger partial charge in [0, 0.05) is 12.1 Å². The molecule has 0 fully saturated rings. The predicted octanol–water partition coefficient (Wildman–Crippen LogP) is 1.33. The van der Waals surface area contributed by atoms with E-state index in [0.29, 0.717) is 47.1 Å². The van der Waals surface area contributed by atoms with Gasteiger partial charge < -0.3 is 19.5 Å². The number of aromatic amines is 1. The lowest BCUT2D eigenvalue weighted by Crippen LogP contribution is -2.38. The number of H-pyrrole nitrogens is 1. The van der Waals surface area contributed by atoms with Gasteiger partial charge in [0.05, 0.1) is 37.0 Å². The van der Waals surface area contributed by atoms with Crippen LogP contribution in [-0.2, 0) is 16.1 Å². The highest BCUT2D eigenvalue weighted by molar-refractivity contribution is 5.97. The summed E-state index contributed by atoms with van der Waals surface area (Å²) in [6.07, 6.45) is 0.689. The maximum absolute atomic E-state index is 12.9. The average Bonchev–Trinajstić information content (AvgIpc) is 3.09. The van der Waals surface area contributed by atoms with E-state index >= 15 is 0 Å². The molecule has 2 aromatic rings. The number of carbonyl (C=O) groups is 1. The zero-order chi connectivity index (χ0) is 20.7. The number of benzene rings is 1. The molecule has 2 aliphatic rings. The van der Waals surface area contributed by atoms with Crippen LogP contribution in [0.15, 0.2) is 39.1 Å². The molecule has 2 N–H and O–H groups in total. The molecule has 0 amide bonds. The van der Waals surface area contributed by atoms with E-state index in [0.717, 1.165) is 0 Å². The molecule has 0 saturated carbocycles. The fourth-order valence-electron chi connectivity index (χ4n) is 3.90. The van der Waals surface area contributed by atoms with Crippen molar-refractivity contribution in [2.75, 3.05) is 26.1 Å². The highest BCUT2D eigenvalue weighted by Gasteiger charge is 2.42. The van der Waals surface area contributed by atoms with Gasteiger partial charge in [-0.15, -0.1) is 0 Å². The van der Waals surface area contributed by atoms with Crippen molar-refractivity contribution in [1.82, 2.24) is 9.55 Å². The largest absolute Gasteiger partial charge is 0.497 e. The Balaban J connectivity index is 2.07. The number of hydrogen-bond acceptors (Lipinski definition) is 7. The zero-order valence-corrected chi connectivity index (χ0v) is 16.3. The molecule has 29 heavy (non-hydrogen) atoms. The Bertz CT molecular complexity index is 1140. The number of esters is 1. The summed E-state index contributed by atoms with van der Waals surface area (Å²) < 4.78 is 17.6. The van der Waals surface area contributed by atoms with Crippen LogP contribution < -0.4 is 26.0 Å². The summed E-state index contributed by atoms with van der Waals surface area (Å²) >= 11 is 0. The summed E-state index contributed by atoms with van der Waals surface area (Å²) in [6, 6.07) is 5.17. The minimum Gasteiger partial charge on any atom is -0.497 e. The van der Waals surface area contributed by atoms with Crippen molar-refractivity contribution in [3.8, 4) is 11.5 Å². The van der Waals surface area contributed by atoms with Crippen LogP contribution in [-0.4, -0.2) is 36.3 Å². The number of rotatable bonds is 5. The molecule has 0 saturated heterocycles. The number of cyclic esters (lactones) is 1. The third-order valence-electron chi connectivity index (χ3n) is 5.17. The first-order chi connectivity index (χ1) is 14.0. The van der Waals surface area contributed by atoms with Crippen LogP contribution in [0, 0.1) is 0 Å². The molecule has 9 heteroatoms. The summed E-state index contributed by atoms with van der Waals surface area (Å²) in [6.45, 7) is 2.38. The lowest BCUT2D eigenvalue weighted by atomic mass is 9.82. The highest BCUT2D eigenvalue weighted by atomic mass is 16.5. The summed E-state index contributed by atoms with van der Waals surface area (Å²) in [5.41, 5.74) is 0.638. The van der Waals surface area contributed by atoms with Crippen molar-refractivity contribution < 1.29 is 19.0 Å². The molecule has 9 nitrogen and oxygen atoms in total. The van der Waals surface area contributed by atoms with E-state index in [1.54, 1.807) is 18.2 Å². The summed E-state index contributed by atoms with van der Waals surface area (Å²) in [7, 11) is 3.04. The minimum absolute atomic E-state index is 0.0451. The Labute approximate surface area is 165 Å². The van der Waals surface area contributed by atoms with Crippen LogP contribution in [0.3, 0.4) is 0 Å². The number of ether oxygens (including phenoxy) is 3. The first-order valence-electron chi connectivity index (χ1n) is 9.26. The van der Waals surface area contributed by atoms with Gasteiger partial charge in [-0.3, -0.25) is 14.3 Å². The summed E-state index contributed by atoms with van der Waals surface area (Å²) in [4.78, 5) is 40.3. The van der Waals surface area contributed by atoms with E-state index in [1.165, 1.54) is 18.8 Å². The average molecular weight is 399 g/mol. The van der Waals surface area contributed by atoms with Crippen LogP contribution >= 0.6 is 0 Å². The van der Waals surface area contributed by atoms with E-state index in [-0.39, 0.29) is 12.2 Å². The quantitative estimate of drug-likeness (QED) is 0.730. The molecule has 1 aromatic carbocycles. The lowest BCUT2D eigenvalue weighted by Gasteiger charge is -2.29. The number of methoxy groups -OCH3 is 2. The predicted molar refractivity (Wildman–Crippen MR) is 105 cm³/mol. The molecular formula is C20H21N3O6. The Hall–Kier alpha value is -3.49. The topological polar surface area (TPSA) is 112 Å². The Morgan fingerprint density at radius 3 is 2.69 bits per heavy atom. The molecule has 152 valence electrons. The van der Waals surface area contributed by atoms with Gasteiger partial charge in [0.2, 0.25) is 0 Å². The van der Waals surface area contributed by atoms with Crippen LogP contribution in [0.4, 0.5) is 5.82 Å².